The first kappa shape index (κ1) is 38.5. The molecule has 0 fully saturated rings. The Bertz CT molecular complexity index is 3500. The van der Waals surface area contributed by atoms with Crippen LogP contribution in [0.2, 0.25) is 0 Å². The van der Waals surface area contributed by atoms with Crippen LogP contribution in [0.25, 0.3) is 111 Å². The van der Waals surface area contributed by atoms with Gasteiger partial charge in [0.25, 0.3) is 0 Å². The van der Waals surface area contributed by atoms with Crippen LogP contribution in [-0.2, 0) is 5.41 Å². The first-order chi connectivity index (χ1) is 32.0. The van der Waals surface area contributed by atoms with Crippen molar-refractivity contribution in [2.45, 2.75) is 19.3 Å². The summed E-state index contributed by atoms with van der Waals surface area (Å²) in [5.74, 6) is 0.681. The normalized spacial score (nSPS) is 12.6. The van der Waals surface area contributed by atoms with Crippen molar-refractivity contribution in [2.24, 2.45) is 0 Å². The Morgan fingerprint density at radius 3 is 1.42 bits per heavy atom. The lowest BCUT2D eigenvalue weighted by Gasteiger charge is -2.22. The van der Waals surface area contributed by atoms with Crippen molar-refractivity contribution in [1.29, 1.82) is 0 Å². The van der Waals surface area contributed by atoms with Gasteiger partial charge >= 0.3 is 0 Å². The third-order valence-electron chi connectivity index (χ3n) is 13.5. The SMILES string of the molecule is CC1(C)c2cc3ccccc3cc2-c2c(-c3c(-c4ccc(-c5nc(-c6ccccc6-c6ccccc6)cc(-c6ccccc6-c6ccccc6)n5)cc4)ccc4ccccc34)cccc21. The molecule has 12 rings (SSSR count). The van der Waals surface area contributed by atoms with Gasteiger partial charge in [-0.25, -0.2) is 9.97 Å². The Hall–Kier alpha value is -8.20. The fraction of sp³-hybridized carbons (Fsp3) is 0.0476. The second-order valence-electron chi connectivity index (χ2n) is 17.7. The van der Waals surface area contributed by atoms with E-state index in [1.54, 1.807) is 0 Å². The van der Waals surface area contributed by atoms with Crippen molar-refractivity contribution >= 4 is 21.5 Å². The van der Waals surface area contributed by atoms with Crippen LogP contribution in [-0.4, -0.2) is 9.97 Å². The molecule has 0 radical (unpaired) electrons. The second-order valence-corrected chi connectivity index (χ2v) is 17.7. The standard InChI is InChI=1S/C63H44N2/c1-63(2)56-31-17-30-54(61(56)55-38-46-23-9-10-24-47(46)39-57(55)63)60-50-27-12-11-22-43(50)36-37-51(60)44-32-34-45(35-33-44)62-64-58(52-28-15-13-25-48(52)41-18-5-3-6-19-41)40-59(65-62)53-29-16-14-26-49(53)42-20-7-4-8-21-42/h3-40H,1-2H3. The smallest absolute Gasteiger partial charge is 0.160 e. The molecule has 0 saturated carbocycles. The van der Waals surface area contributed by atoms with Crippen molar-refractivity contribution in [3.63, 3.8) is 0 Å². The molecule has 0 saturated heterocycles. The minimum absolute atomic E-state index is 0.145. The monoisotopic (exact) mass is 828 g/mol. The van der Waals surface area contributed by atoms with Crippen molar-refractivity contribution in [2.75, 3.05) is 0 Å². The number of hydrogen-bond donors (Lipinski definition) is 0. The molecule has 2 heteroatoms. The van der Waals surface area contributed by atoms with Gasteiger partial charge in [-0.15, -0.1) is 0 Å². The molecule has 1 aliphatic rings. The molecule has 0 spiro atoms. The van der Waals surface area contributed by atoms with E-state index in [4.69, 9.17) is 9.97 Å². The Labute approximate surface area is 380 Å². The zero-order valence-corrected chi connectivity index (χ0v) is 36.3. The lowest BCUT2D eigenvalue weighted by molar-refractivity contribution is 0.661. The fourth-order valence-corrected chi connectivity index (χ4v) is 10.3. The van der Waals surface area contributed by atoms with Crippen molar-refractivity contribution in [1.82, 2.24) is 9.97 Å². The van der Waals surface area contributed by atoms with Gasteiger partial charge in [-0.05, 0) is 107 Å². The summed E-state index contributed by atoms with van der Waals surface area (Å²) in [4.78, 5) is 10.8. The van der Waals surface area contributed by atoms with E-state index in [-0.39, 0.29) is 5.41 Å². The van der Waals surface area contributed by atoms with Gasteiger partial charge in [0.1, 0.15) is 0 Å². The maximum atomic E-state index is 5.38. The van der Waals surface area contributed by atoms with Gasteiger partial charge in [-0.3, -0.25) is 0 Å². The molecule has 1 aromatic heterocycles. The van der Waals surface area contributed by atoms with Crippen LogP contribution in [0.4, 0.5) is 0 Å². The van der Waals surface area contributed by atoms with Gasteiger partial charge in [0.2, 0.25) is 0 Å². The van der Waals surface area contributed by atoms with E-state index in [0.29, 0.717) is 5.82 Å². The summed E-state index contributed by atoms with van der Waals surface area (Å²) in [7, 11) is 0. The van der Waals surface area contributed by atoms with E-state index in [1.165, 1.54) is 60.5 Å². The summed E-state index contributed by atoms with van der Waals surface area (Å²) in [5, 5.41) is 5.01. The lowest BCUT2D eigenvalue weighted by Crippen LogP contribution is -2.14. The number of benzene rings is 10. The summed E-state index contributed by atoms with van der Waals surface area (Å²) in [6.45, 7) is 4.75. The van der Waals surface area contributed by atoms with E-state index >= 15 is 0 Å². The first-order valence-electron chi connectivity index (χ1n) is 22.5. The minimum Gasteiger partial charge on any atom is -0.228 e. The Morgan fingerprint density at radius 1 is 0.292 bits per heavy atom. The molecule has 2 nitrogen and oxygen atoms in total. The molecule has 11 aromatic rings. The Morgan fingerprint density at radius 2 is 0.785 bits per heavy atom. The van der Waals surface area contributed by atoms with Gasteiger partial charge in [0.15, 0.2) is 5.82 Å². The molecule has 0 unspecified atom stereocenters. The van der Waals surface area contributed by atoms with E-state index in [9.17, 15) is 0 Å². The van der Waals surface area contributed by atoms with Gasteiger partial charge < -0.3 is 0 Å². The molecule has 0 amide bonds. The van der Waals surface area contributed by atoms with Crippen LogP contribution in [0.1, 0.15) is 25.0 Å². The fourth-order valence-electron chi connectivity index (χ4n) is 10.3. The molecule has 0 bridgehead atoms. The molecule has 1 heterocycles. The van der Waals surface area contributed by atoms with Gasteiger partial charge in [0, 0.05) is 22.1 Å². The molecule has 1 aliphatic carbocycles. The molecular weight excluding hydrogens is 785 g/mol. The number of fused-ring (bicyclic) bond motifs is 5. The summed E-state index contributed by atoms with van der Waals surface area (Å²) >= 11 is 0. The molecule has 10 aromatic carbocycles. The Balaban J connectivity index is 1.03. The van der Waals surface area contributed by atoms with Crippen molar-refractivity contribution in [3.8, 4) is 89.5 Å². The second kappa shape index (κ2) is 15.6. The van der Waals surface area contributed by atoms with Crippen LogP contribution >= 0.6 is 0 Å². The average molecular weight is 829 g/mol. The van der Waals surface area contributed by atoms with Crippen LogP contribution in [0.5, 0.6) is 0 Å². The molecular formula is C63H44N2. The largest absolute Gasteiger partial charge is 0.228 e. The topological polar surface area (TPSA) is 25.8 Å². The predicted molar refractivity (Wildman–Crippen MR) is 273 cm³/mol. The molecule has 306 valence electrons. The minimum atomic E-state index is -0.145. The maximum absolute atomic E-state index is 5.38. The third kappa shape index (κ3) is 6.57. The van der Waals surface area contributed by atoms with E-state index in [2.05, 4.69) is 244 Å². The predicted octanol–water partition coefficient (Wildman–Crippen LogP) is 16.8. The van der Waals surface area contributed by atoms with Gasteiger partial charge in [-0.2, -0.15) is 0 Å². The summed E-state index contributed by atoms with van der Waals surface area (Å²) in [6.07, 6.45) is 0. The van der Waals surface area contributed by atoms with Crippen molar-refractivity contribution in [3.05, 3.63) is 242 Å². The van der Waals surface area contributed by atoms with Crippen LogP contribution in [0.3, 0.4) is 0 Å². The average Bonchev–Trinajstić information content (AvgIpc) is 3.60. The quantitative estimate of drug-likeness (QED) is 0.160. The van der Waals surface area contributed by atoms with Crippen LogP contribution in [0, 0.1) is 0 Å². The van der Waals surface area contributed by atoms with E-state index < -0.39 is 0 Å². The van der Waals surface area contributed by atoms with Crippen LogP contribution in [0.15, 0.2) is 231 Å². The zero-order chi connectivity index (χ0) is 43.5. The Kier molecular flexibility index (Phi) is 9.21. The number of aromatic nitrogens is 2. The highest BCUT2D eigenvalue weighted by Gasteiger charge is 2.37. The molecule has 0 atom stereocenters. The molecule has 65 heavy (non-hydrogen) atoms. The summed E-state index contributed by atoms with van der Waals surface area (Å²) in [6, 6.07) is 83.2. The maximum Gasteiger partial charge on any atom is 0.160 e. The van der Waals surface area contributed by atoms with E-state index in [1.807, 2.05) is 0 Å². The first-order valence-corrected chi connectivity index (χ1v) is 22.5. The number of hydrogen-bond acceptors (Lipinski definition) is 2. The van der Waals surface area contributed by atoms with E-state index in [0.717, 1.165) is 55.9 Å². The highest BCUT2D eigenvalue weighted by atomic mass is 14.9. The highest BCUT2D eigenvalue weighted by molar-refractivity contribution is 6.09. The summed E-state index contributed by atoms with van der Waals surface area (Å²) in [5.41, 5.74) is 19.5. The third-order valence-corrected chi connectivity index (χ3v) is 13.5. The van der Waals surface area contributed by atoms with Crippen molar-refractivity contribution < 1.29 is 0 Å². The van der Waals surface area contributed by atoms with Gasteiger partial charge in [-0.1, -0.05) is 226 Å². The zero-order valence-electron chi connectivity index (χ0n) is 36.3. The van der Waals surface area contributed by atoms with Gasteiger partial charge in [0.05, 0.1) is 11.4 Å². The number of rotatable bonds is 7. The summed E-state index contributed by atoms with van der Waals surface area (Å²) < 4.78 is 0. The van der Waals surface area contributed by atoms with Crippen LogP contribution < -0.4 is 0 Å². The molecule has 0 aliphatic heterocycles. The lowest BCUT2D eigenvalue weighted by atomic mass is 9.81. The number of nitrogens with zero attached hydrogens (tertiary/aromatic N) is 2. The molecule has 0 N–H and O–H groups in total. The highest BCUT2D eigenvalue weighted by Crippen LogP contribution is 2.55.